The van der Waals surface area contributed by atoms with Crippen LogP contribution in [-0.4, -0.2) is 30.8 Å². The fourth-order valence-electron chi connectivity index (χ4n) is 2.30. The summed E-state index contributed by atoms with van der Waals surface area (Å²) in [6.45, 7) is 4.73. The average Bonchev–Trinajstić information content (AvgIpc) is 3.21. The zero-order valence-electron chi connectivity index (χ0n) is 11.5. The fourth-order valence-corrected chi connectivity index (χ4v) is 2.53. The standard InChI is InChI=1S/C15H23ClN2O/c1-2-8-18(9-10-19)15-5-3-4-14(16)13(15)11-17-12-6-7-12/h3-5,12,17,19H,2,6-11H2,1H3. The number of aliphatic hydroxyl groups is 1. The van der Waals surface area contributed by atoms with Crippen LogP contribution in [0.4, 0.5) is 5.69 Å². The summed E-state index contributed by atoms with van der Waals surface area (Å²) in [6, 6.07) is 6.69. The van der Waals surface area contributed by atoms with Crippen LogP contribution in [-0.2, 0) is 6.54 Å². The molecule has 1 aromatic rings. The second-order valence-corrected chi connectivity index (χ2v) is 5.51. The zero-order valence-corrected chi connectivity index (χ0v) is 12.3. The van der Waals surface area contributed by atoms with Gasteiger partial charge in [-0.05, 0) is 31.4 Å². The molecule has 0 unspecified atom stereocenters. The molecule has 0 aromatic heterocycles. The molecule has 3 nitrogen and oxygen atoms in total. The van der Waals surface area contributed by atoms with Gasteiger partial charge in [-0.3, -0.25) is 0 Å². The summed E-state index contributed by atoms with van der Waals surface area (Å²) in [5, 5.41) is 13.6. The quantitative estimate of drug-likeness (QED) is 0.770. The lowest BCUT2D eigenvalue weighted by molar-refractivity contribution is 0.301. The van der Waals surface area contributed by atoms with Crippen molar-refractivity contribution < 1.29 is 5.11 Å². The molecule has 1 aliphatic rings. The molecule has 1 saturated carbocycles. The van der Waals surface area contributed by atoms with Crippen LogP contribution in [0.15, 0.2) is 18.2 Å². The lowest BCUT2D eigenvalue weighted by Crippen LogP contribution is -2.29. The molecule has 0 saturated heterocycles. The molecule has 0 radical (unpaired) electrons. The van der Waals surface area contributed by atoms with Gasteiger partial charge in [0.25, 0.3) is 0 Å². The topological polar surface area (TPSA) is 35.5 Å². The van der Waals surface area contributed by atoms with Crippen molar-refractivity contribution in [1.82, 2.24) is 5.32 Å². The lowest BCUT2D eigenvalue weighted by atomic mass is 10.1. The minimum atomic E-state index is 0.169. The van der Waals surface area contributed by atoms with E-state index in [1.807, 2.05) is 12.1 Å². The Balaban J connectivity index is 2.17. The van der Waals surface area contributed by atoms with Crippen LogP contribution in [0, 0.1) is 0 Å². The highest BCUT2D eigenvalue weighted by Crippen LogP contribution is 2.29. The van der Waals surface area contributed by atoms with Crippen molar-refractivity contribution in [2.75, 3.05) is 24.6 Å². The first-order chi connectivity index (χ1) is 9.26. The average molecular weight is 283 g/mol. The van der Waals surface area contributed by atoms with Crippen molar-refractivity contribution in [3.63, 3.8) is 0 Å². The smallest absolute Gasteiger partial charge is 0.0606 e. The molecular formula is C15H23ClN2O. The first-order valence-corrected chi connectivity index (χ1v) is 7.50. The Morgan fingerprint density at radius 1 is 1.37 bits per heavy atom. The number of aliphatic hydroxyl groups excluding tert-OH is 1. The maximum absolute atomic E-state index is 9.22. The maximum atomic E-state index is 9.22. The van der Waals surface area contributed by atoms with Crippen LogP contribution in [0.25, 0.3) is 0 Å². The molecule has 1 aromatic carbocycles. The number of halogens is 1. The lowest BCUT2D eigenvalue weighted by Gasteiger charge is -2.26. The molecule has 2 N–H and O–H groups in total. The molecule has 1 fully saturated rings. The Morgan fingerprint density at radius 2 is 2.16 bits per heavy atom. The largest absolute Gasteiger partial charge is 0.395 e. The van der Waals surface area contributed by atoms with Gasteiger partial charge >= 0.3 is 0 Å². The normalized spacial score (nSPS) is 14.7. The second kappa shape index (κ2) is 7.13. The van der Waals surface area contributed by atoms with Gasteiger partial charge in [0.05, 0.1) is 6.61 Å². The highest BCUT2D eigenvalue weighted by atomic mass is 35.5. The third kappa shape index (κ3) is 4.10. The zero-order chi connectivity index (χ0) is 13.7. The summed E-state index contributed by atoms with van der Waals surface area (Å²) in [5.74, 6) is 0. The summed E-state index contributed by atoms with van der Waals surface area (Å²) in [6.07, 6.45) is 3.60. The molecule has 0 amide bonds. The van der Waals surface area contributed by atoms with Crippen LogP contribution < -0.4 is 10.2 Å². The van der Waals surface area contributed by atoms with E-state index in [0.717, 1.165) is 35.8 Å². The van der Waals surface area contributed by atoms with Gasteiger partial charge < -0.3 is 15.3 Å². The molecule has 0 heterocycles. The van der Waals surface area contributed by atoms with E-state index in [4.69, 9.17) is 11.6 Å². The molecular weight excluding hydrogens is 260 g/mol. The first kappa shape index (κ1) is 14.6. The Labute approximate surface area is 120 Å². The van der Waals surface area contributed by atoms with E-state index >= 15 is 0 Å². The molecule has 106 valence electrons. The fraction of sp³-hybridized carbons (Fsp3) is 0.600. The van der Waals surface area contributed by atoms with Gasteiger partial charge in [-0.2, -0.15) is 0 Å². The number of rotatable bonds is 8. The Hall–Kier alpha value is -0.770. The third-order valence-electron chi connectivity index (χ3n) is 3.44. The number of anilines is 1. The minimum absolute atomic E-state index is 0.169. The Morgan fingerprint density at radius 3 is 2.79 bits per heavy atom. The Kier molecular flexibility index (Phi) is 5.49. The van der Waals surface area contributed by atoms with Gasteiger partial charge in [-0.1, -0.05) is 24.6 Å². The predicted molar refractivity (Wildman–Crippen MR) is 80.9 cm³/mol. The van der Waals surface area contributed by atoms with E-state index in [-0.39, 0.29) is 6.61 Å². The van der Waals surface area contributed by atoms with E-state index < -0.39 is 0 Å². The van der Waals surface area contributed by atoms with Crippen molar-refractivity contribution in [3.05, 3.63) is 28.8 Å². The summed E-state index contributed by atoms with van der Waals surface area (Å²) in [4.78, 5) is 2.22. The molecule has 0 atom stereocenters. The SMILES string of the molecule is CCCN(CCO)c1cccc(Cl)c1CNC1CC1. The van der Waals surface area contributed by atoms with Crippen LogP contribution in [0.2, 0.25) is 5.02 Å². The number of benzene rings is 1. The van der Waals surface area contributed by atoms with E-state index in [1.165, 1.54) is 12.8 Å². The van der Waals surface area contributed by atoms with Crippen LogP contribution in [0.3, 0.4) is 0 Å². The monoisotopic (exact) mass is 282 g/mol. The van der Waals surface area contributed by atoms with Gasteiger partial charge in [0, 0.05) is 41.9 Å². The van der Waals surface area contributed by atoms with Crippen molar-refractivity contribution in [3.8, 4) is 0 Å². The highest BCUT2D eigenvalue weighted by molar-refractivity contribution is 6.31. The first-order valence-electron chi connectivity index (χ1n) is 7.12. The van der Waals surface area contributed by atoms with E-state index in [0.29, 0.717) is 12.6 Å². The molecule has 1 aliphatic carbocycles. The van der Waals surface area contributed by atoms with Crippen molar-refractivity contribution in [2.45, 2.75) is 38.8 Å². The minimum Gasteiger partial charge on any atom is -0.395 e. The summed E-state index contributed by atoms with van der Waals surface area (Å²) < 4.78 is 0. The third-order valence-corrected chi connectivity index (χ3v) is 3.80. The number of hydrogen-bond donors (Lipinski definition) is 2. The Bertz CT molecular complexity index is 401. The number of hydrogen-bond acceptors (Lipinski definition) is 3. The van der Waals surface area contributed by atoms with E-state index in [9.17, 15) is 5.11 Å². The number of nitrogens with zero attached hydrogens (tertiary/aromatic N) is 1. The molecule has 4 heteroatoms. The van der Waals surface area contributed by atoms with Gasteiger partial charge in [-0.15, -0.1) is 0 Å². The molecule has 0 spiro atoms. The van der Waals surface area contributed by atoms with Crippen molar-refractivity contribution in [2.24, 2.45) is 0 Å². The van der Waals surface area contributed by atoms with Crippen LogP contribution in [0.5, 0.6) is 0 Å². The number of nitrogens with one attached hydrogen (secondary N) is 1. The van der Waals surface area contributed by atoms with Crippen molar-refractivity contribution in [1.29, 1.82) is 0 Å². The molecule has 19 heavy (non-hydrogen) atoms. The highest BCUT2D eigenvalue weighted by Gasteiger charge is 2.21. The van der Waals surface area contributed by atoms with Crippen molar-refractivity contribution >= 4 is 17.3 Å². The van der Waals surface area contributed by atoms with Gasteiger partial charge in [0.1, 0.15) is 0 Å². The van der Waals surface area contributed by atoms with Gasteiger partial charge in [0.2, 0.25) is 0 Å². The van der Waals surface area contributed by atoms with Gasteiger partial charge in [0.15, 0.2) is 0 Å². The predicted octanol–water partition coefficient (Wildman–Crippen LogP) is 2.80. The van der Waals surface area contributed by atoms with Crippen LogP contribution >= 0.6 is 11.6 Å². The van der Waals surface area contributed by atoms with Gasteiger partial charge in [-0.25, -0.2) is 0 Å². The van der Waals surface area contributed by atoms with Crippen LogP contribution in [0.1, 0.15) is 31.7 Å². The summed E-state index contributed by atoms with van der Waals surface area (Å²) in [5.41, 5.74) is 2.30. The maximum Gasteiger partial charge on any atom is 0.0606 e. The second-order valence-electron chi connectivity index (χ2n) is 5.10. The molecule has 0 aliphatic heterocycles. The molecule has 0 bridgehead atoms. The summed E-state index contributed by atoms with van der Waals surface area (Å²) >= 11 is 6.35. The van der Waals surface area contributed by atoms with E-state index in [2.05, 4.69) is 23.2 Å². The van der Waals surface area contributed by atoms with E-state index in [1.54, 1.807) is 0 Å². The summed E-state index contributed by atoms with van der Waals surface area (Å²) in [7, 11) is 0. The molecule has 2 rings (SSSR count).